The number of carbonyl (C=O) groups is 2. The Morgan fingerprint density at radius 1 is 0.970 bits per heavy atom. The van der Waals surface area contributed by atoms with E-state index in [4.69, 9.17) is 22.4 Å². The zero-order valence-electron chi connectivity index (χ0n) is 18.8. The van der Waals surface area contributed by atoms with Crippen LogP contribution < -0.4 is 11.1 Å². The van der Waals surface area contributed by atoms with Crippen molar-refractivity contribution in [3.05, 3.63) is 94.5 Å². The van der Waals surface area contributed by atoms with Gasteiger partial charge in [0, 0.05) is 23.0 Å². The highest BCUT2D eigenvalue weighted by molar-refractivity contribution is 6.30. The highest BCUT2D eigenvalue weighted by Gasteiger charge is 2.18. The lowest BCUT2D eigenvalue weighted by Crippen LogP contribution is -2.32. The molecule has 5 nitrogen and oxygen atoms in total. The number of carboxylic acids is 1. The molecule has 0 bridgehead atoms. The van der Waals surface area contributed by atoms with Crippen LogP contribution >= 0.6 is 11.6 Å². The summed E-state index contributed by atoms with van der Waals surface area (Å²) in [6.07, 6.45) is 0.220. The smallest absolute Gasteiger partial charge is 0.320 e. The van der Waals surface area contributed by atoms with Gasteiger partial charge in [-0.3, -0.25) is 9.59 Å². The third-order valence-corrected chi connectivity index (χ3v) is 6.01. The summed E-state index contributed by atoms with van der Waals surface area (Å²) in [5.41, 5.74) is 10.2. The van der Waals surface area contributed by atoms with Crippen LogP contribution in [-0.2, 0) is 11.2 Å². The number of hydrogen-bond donors (Lipinski definition) is 3. The molecule has 0 fully saturated rings. The highest BCUT2D eigenvalue weighted by atomic mass is 35.5. The van der Waals surface area contributed by atoms with Crippen molar-refractivity contribution in [3.8, 4) is 11.1 Å². The van der Waals surface area contributed by atoms with Crippen molar-refractivity contribution in [2.75, 3.05) is 6.54 Å². The van der Waals surface area contributed by atoms with Crippen molar-refractivity contribution < 1.29 is 14.7 Å². The lowest BCUT2D eigenvalue weighted by atomic mass is 9.87. The van der Waals surface area contributed by atoms with Gasteiger partial charge in [-0.15, -0.1) is 0 Å². The molecule has 0 aromatic heterocycles. The Bertz CT molecular complexity index is 1100. The fraction of sp³-hybridized carbons (Fsp3) is 0.259. The Labute approximate surface area is 199 Å². The number of rotatable bonds is 9. The predicted octanol–water partition coefficient (Wildman–Crippen LogP) is 5.13. The molecule has 0 spiro atoms. The van der Waals surface area contributed by atoms with Crippen molar-refractivity contribution in [3.63, 3.8) is 0 Å². The van der Waals surface area contributed by atoms with Gasteiger partial charge in [-0.2, -0.15) is 0 Å². The summed E-state index contributed by atoms with van der Waals surface area (Å²) >= 11 is 6.11. The molecule has 172 valence electrons. The normalized spacial score (nSPS) is 12.9. The van der Waals surface area contributed by atoms with E-state index in [1.807, 2.05) is 24.3 Å². The maximum absolute atomic E-state index is 12.7. The molecular weight excluding hydrogens is 436 g/mol. The molecule has 3 rings (SSSR count). The minimum absolute atomic E-state index is 0.162. The molecule has 3 aromatic rings. The van der Waals surface area contributed by atoms with E-state index in [9.17, 15) is 9.59 Å². The van der Waals surface area contributed by atoms with Crippen molar-refractivity contribution in [2.24, 2.45) is 11.7 Å². The lowest BCUT2D eigenvalue weighted by molar-refractivity contribution is -0.138. The molecule has 0 saturated carbocycles. The second-order valence-corrected chi connectivity index (χ2v) is 8.98. The molecule has 0 heterocycles. The molecule has 0 saturated heterocycles. The minimum Gasteiger partial charge on any atom is -0.480 e. The van der Waals surface area contributed by atoms with Crippen molar-refractivity contribution in [1.82, 2.24) is 5.32 Å². The van der Waals surface area contributed by atoms with Gasteiger partial charge >= 0.3 is 5.97 Å². The lowest BCUT2D eigenvalue weighted by Gasteiger charge is -2.22. The summed E-state index contributed by atoms with van der Waals surface area (Å²) in [5.74, 6) is -0.708. The first kappa shape index (κ1) is 24.5. The zero-order chi connectivity index (χ0) is 24.0. The third-order valence-electron chi connectivity index (χ3n) is 5.77. The van der Waals surface area contributed by atoms with Gasteiger partial charge in [0.05, 0.1) is 0 Å². The van der Waals surface area contributed by atoms with E-state index >= 15 is 0 Å². The Hall–Kier alpha value is -3.15. The van der Waals surface area contributed by atoms with Crippen LogP contribution in [0.2, 0.25) is 5.02 Å². The van der Waals surface area contributed by atoms with Crippen LogP contribution in [-0.4, -0.2) is 29.6 Å². The van der Waals surface area contributed by atoms with Crippen molar-refractivity contribution in [2.45, 2.75) is 32.2 Å². The molecule has 1 amide bonds. The van der Waals surface area contributed by atoms with Gasteiger partial charge in [-0.05, 0) is 58.9 Å². The van der Waals surface area contributed by atoms with Crippen LogP contribution in [0.5, 0.6) is 0 Å². The summed E-state index contributed by atoms with van der Waals surface area (Å²) in [6.45, 7) is 4.79. The van der Waals surface area contributed by atoms with Crippen LogP contribution in [0, 0.1) is 5.92 Å². The number of halogens is 1. The van der Waals surface area contributed by atoms with E-state index in [2.05, 4.69) is 43.4 Å². The predicted molar refractivity (Wildman–Crippen MR) is 133 cm³/mol. The summed E-state index contributed by atoms with van der Waals surface area (Å²) in [7, 11) is 0. The molecule has 3 aromatic carbocycles. The first-order valence-electron chi connectivity index (χ1n) is 11.0. The largest absolute Gasteiger partial charge is 0.480 e. The standard InChI is InChI=1S/C27H29ClN2O3/c1-17(2)24(20-12-10-19(11-13-20)22-4-3-5-23(28)15-22)16-30-26(31)21-8-6-18(7-9-21)14-25(29)27(32)33/h3-13,15,17,24-25H,14,16,29H2,1-2H3,(H,30,31)(H,32,33)/t24-,25-/m1/s1. The summed E-state index contributed by atoms with van der Waals surface area (Å²) in [5, 5.41) is 12.7. The topological polar surface area (TPSA) is 92.4 Å². The average molecular weight is 465 g/mol. The zero-order valence-corrected chi connectivity index (χ0v) is 19.5. The highest BCUT2D eigenvalue weighted by Crippen LogP contribution is 2.28. The number of nitrogens with two attached hydrogens (primary N) is 1. The Kier molecular flexibility index (Phi) is 8.26. The molecular formula is C27H29ClN2O3. The molecule has 0 unspecified atom stereocenters. The average Bonchev–Trinajstić information content (AvgIpc) is 2.79. The maximum Gasteiger partial charge on any atom is 0.320 e. The first-order valence-corrected chi connectivity index (χ1v) is 11.3. The van der Waals surface area contributed by atoms with Crippen LogP contribution in [0.1, 0.15) is 41.3 Å². The van der Waals surface area contributed by atoms with Crippen LogP contribution in [0.4, 0.5) is 0 Å². The Morgan fingerprint density at radius 2 is 1.64 bits per heavy atom. The number of aliphatic carboxylic acids is 1. The number of carbonyl (C=O) groups excluding carboxylic acids is 1. The van der Waals surface area contributed by atoms with E-state index in [0.717, 1.165) is 22.3 Å². The van der Waals surface area contributed by atoms with Crippen LogP contribution in [0.25, 0.3) is 11.1 Å². The molecule has 6 heteroatoms. The summed E-state index contributed by atoms with van der Waals surface area (Å²) < 4.78 is 0. The van der Waals surface area contributed by atoms with Crippen molar-refractivity contribution >= 4 is 23.5 Å². The van der Waals surface area contributed by atoms with Gasteiger partial charge in [0.2, 0.25) is 0 Å². The number of carboxylic acid groups (broad SMARTS) is 1. The molecule has 2 atom stereocenters. The van der Waals surface area contributed by atoms with E-state index in [0.29, 0.717) is 23.0 Å². The van der Waals surface area contributed by atoms with Gasteiger partial charge in [-0.25, -0.2) is 0 Å². The Balaban J connectivity index is 1.64. The molecule has 0 aliphatic carbocycles. The molecule has 0 aliphatic rings. The van der Waals surface area contributed by atoms with E-state index in [1.54, 1.807) is 24.3 Å². The minimum atomic E-state index is -1.04. The molecule has 33 heavy (non-hydrogen) atoms. The monoisotopic (exact) mass is 464 g/mol. The van der Waals surface area contributed by atoms with Gasteiger partial charge in [0.15, 0.2) is 0 Å². The van der Waals surface area contributed by atoms with Crippen LogP contribution in [0.3, 0.4) is 0 Å². The van der Waals surface area contributed by atoms with Gasteiger partial charge in [0.25, 0.3) is 5.91 Å². The quantitative estimate of drug-likeness (QED) is 0.409. The second kappa shape index (κ2) is 11.1. The van der Waals surface area contributed by atoms with E-state index in [1.165, 1.54) is 0 Å². The SMILES string of the molecule is CC(C)[C@@H](CNC(=O)c1ccc(C[C@@H](N)C(=O)O)cc1)c1ccc(-c2cccc(Cl)c2)cc1. The number of nitrogens with one attached hydrogen (secondary N) is 1. The number of amides is 1. The Morgan fingerprint density at radius 3 is 2.21 bits per heavy atom. The van der Waals surface area contributed by atoms with Crippen LogP contribution in [0.15, 0.2) is 72.8 Å². The second-order valence-electron chi connectivity index (χ2n) is 8.54. The van der Waals surface area contributed by atoms with E-state index in [-0.39, 0.29) is 18.2 Å². The summed E-state index contributed by atoms with van der Waals surface area (Å²) in [4.78, 5) is 23.6. The third kappa shape index (κ3) is 6.67. The number of hydrogen-bond acceptors (Lipinski definition) is 3. The maximum atomic E-state index is 12.7. The van der Waals surface area contributed by atoms with Gasteiger partial charge in [-0.1, -0.05) is 74.0 Å². The molecule has 0 radical (unpaired) electrons. The van der Waals surface area contributed by atoms with Crippen molar-refractivity contribution in [1.29, 1.82) is 0 Å². The van der Waals surface area contributed by atoms with Gasteiger partial charge in [0.1, 0.15) is 6.04 Å². The van der Waals surface area contributed by atoms with E-state index < -0.39 is 12.0 Å². The number of benzene rings is 3. The first-order chi connectivity index (χ1) is 15.7. The molecule has 0 aliphatic heterocycles. The molecule has 4 N–H and O–H groups in total. The van der Waals surface area contributed by atoms with Gasteiger partial charge < -0.3 is 16.2 Å². The fourth-order valence-corrected chi connectivity index (χ4v) is 3.96. The summed E-state index contributed by atoms with van der Waals surface area (Å²) in [6, 6.07) is 22.1. The fourth-order valence-electron chi connectivity index (χ4n) is 3.77.